The van der Waals surface area contributed by atoms with Gasteiger partial charge < -0.3 is 20.1 Å². The number of nitrogens with zero attached hydrogens (tertiary/aromatic N) is 1. The number of carboxylic acid groups (broad SMARTS) is 1. The summed E-state index contributed by atoms with van der Waals surface area (Å²) in [5.41, 5.74) is 1.34. The topological polar surface area (TPSA) is 95.9 Å². The molecule has 7 heteroatoms. The van der Waals surface area contributed by atoms with Gasteiger partial charge in [0.05, 0.1) is 18.2 Å². The first-order valence-electron chi connectivity index (χ1n) is 9.25. The monoisotopic (exact) mass is 398 g/mol. The lowest BCUT2D eigenvalue weighted by molar-refractivity contribution is -0.133. The summed E-state index contributed by atoms with van der Waals surface area (Å²) in [6, 6.07) is 12.5. The number of benzene rings is 2. The fraction of sp³-hybridized carbons (Fsp3) is 0.318. The molecule has 0 aromatic heterocycles. The van der Waals surface area contributed by atoms with Gasteiger partial charge in [0, 0.05) is 13.6 Å². The molecular formula is C22H26N2O5. The molecule has 0 spiro atoms. The van der Waals surface area contributed by atoms with E-state index in [1.165, 1.54) is 24.1 Å². The summed E-state index contributed by atoms with van der Waals surface area (Å²) < 4.78 is 5.22. The van der Waals surface area contributed by atoms with Gasteiger partial charge in [-0.2, -0.15) is 0 Å². The molecule has 0 bridgehead atoms. The van der Waals surface area contributed by atoms with Crippen molar-refractivity contribution in [1.82, 2.24) is 10.2 Å². The second-order valence-corrected chi connectivity index (χ2v) is 7.09. The van der Waals surface area contributed by atoms with Crippen LogP contribution in [-0.2, 0) is 11.3 Å². The second-order valence-electron chi connectivity index (χ2n) is 7.09. The molecule has 1 atom stereocenters. The van der Waals surface area contributed by atoms with Crippen molar-refractivity contribution in [3.63, 3.8) is 0 Å². The van der Waals surface area contributed by atoms with E-state index in [1.54, 1.807) is 43.4 Å². The van der Waals surface area contributed by atoms with Crippen LogP contribution in [0.15, 0.2) is 48.5 Å². The Labute approximate surface area is 170 Å². The molecule has 0 fully saturated rings. The first-order valence-corrected chi connectivity index (χ1v) is 9.25. The molecule has 2 N–H and O–H groups in total. The number of ether oxygens (including phenoxy) is 1. The molecule has 0 radical (unpaired) electrons. The Morgan fingerprint density at radius 1 is 1.07 bits per heavy atom. The van der Waals surface area contributed by atoms with Crippen LogP contribution in [-0.4, -0.2) is 48.0 Å². The van der Waals surface area contributed by atoms with Crippen molar-refractivity contribution < 1.29 is 24.2 Å². The van der Waals surface area contributed by atoms with E-state index in [-0.39, 0.29) is 23.3 Å². The maximum Gasteiger partial charge on any atom is 0.335 e. The normalized spacial score (nSPS) is 11.6. The molecule has 7 nitrogen and oxygen atoms in total. The van der Waals surface area contributed by atoms with Crippen LogP contribution in [0.25, 0.3) is 0 Å². The van der Waals surface area contributed by atoms with Crippen molar-refractivity contribution in [1.29, 1.82) is 0 Å². The lowest BCUT2D eigenvalue weighted by atomic mass is 10.0. The van der Waals surface area contributed by atoms with Crippen molar-refractivity contribution >= 4 is 17.8 Å². The second kappa shape index (κ2) is 9.73. The highest BCUT2D eigenvalue weighted by atomic mass is 16.5. The van der Waals surface area contributed by atoms with Gasteiger partial charge in [0.25, 0.3) is 5.91 Å². The van der Waals surface area contributed by atoms with Crippen molar-refractivity contribution in [3.05, 3.63) is 65.2 Å². The number of amides is 2. The number of hydrogen-bond acceptors (Lipinski definition) is 4. The first kappa shape index (κ1) is 21.9. The maximum atomic E-state index is 13.0. The molecule has 1 unspecified atom stereocenters. The van der Waals surface area contributed by atoms with Gasteiger partial charge in [-0.3, -0.25) is 9.59 Å². The van der Waals surface area contributed by atoms with E-state index >= 15 is 0 Å². The predicted octanol–water partition coefficient (Wildman–Crippen LogP) is 2.81. The Bertz CT molecular complexity index is 877. The molecule has 154 valence electrons. The fourth-order valence-corrected chi connectivity index (χ4v) is 2.91. The number of methoxy groups -OCH3 is 1. The van der Waals surface area contributed by atoms with Gasteiger partial charge in [0.2, 0.25) is 5.91 Å². The summed E-state index contributed by atoms with van der Waals surface area (Å²) in [4.78, 5) is 38.2. The highest BCUT2D eigenvalue weighted by molar-refractivity contribution is 5.99. The highest BCUT2D eigenvalue weighted by Crippen LogP contribution is 2.18. The van der Waals surface area contributed by atoms with Crippen molar-refractivity contribution in [3.8, 4) is 5.75 Å². The Balaban J connectivity index is 2.11. The van der Waals surface area contributed by atoms with Crippen molar-refractivity contribution in [2.75, 3.05) is 14.2 Å². The summed E-state index contributed by atoms with van der Waals surface area (Å²) in [6.45, 7) is 4.02. The number of likely N-dealkylation sites (N-methyl/N-ethyl adjacent to an activating group) is 1. The zero-order chi connectivity index (χ0) is 21.6. The molecule has 0 aliphatic heterocycles. The maximum absolute atomic E-state index is 13.0. The number of carboxylic acids is 1. The standard InChI is InChI=1S/C22H26N2O5/c1-14(2)19(23-20(25)17-7-5-6-8-18(17)29-4)21(26)24(3)13-15-9-11-16(12-10-15)22(27)28/h5-12,14,19H,13H2,1-4H3,(H,23,25)(H,27,28). The van der Waals surface area contributed by atoms with E-state index in [1.807, 2.05) is 13.8 Å². The van der Waals surface area contributed by atoms with Crippen LogP contribution in [0.5, 0.6) is 5.75 Å². The molecule has 0 saturated carbocycles. The average Bonchev–Trinajstić information content (AvgIpc) is 2.71. The van der Waals surface area contributed by atoms with E-state index in [9.17, 15) is 14.4 Å². The Morgan fingerprint density at radius 2 is 1.69 bits per heavy atom. The lowest BCUT2D eigenvalue weighted by Gasteiger charge is -2.27. The fourth-order valence-electron chi connectivity index (χ4n) is 2.91. The third-order valence-corrected chi connectivity index (χ3v) is 4.57. The van der Waals surface area contributed by atoms with Gasteiger partial charge in [-0.15, -0.1) is 0 Å². The van der Waals surface area contributed by atoms with Crippen LogP contribution < -0.4 is 10.1 Å². The molecule has 2 aromatic rings. The van der Waals surface area contributed by atoms with Gasteiger partial charge in [0.15, 0.2) is 0 Å². The van der Waals surface area contributed by atoms with Crippen LogP contribution in [0.3, 0.4) is 0 Å². The zero-order valence-corrected chi connectivity index (χ0v) is 17.0. The molecule has 0 aliphatic carbocycles. The molecule has 0 aliphatic rings. The van der Waals surface area contributed by atoms with E-state index in [2.05, 4.69) is 5.32 Å². The largest absolute Gasteiger partial charge is 0.496 e. The number of aromatic carboxylic acids is 1. The number of rotatable bonds is 8. The Kier molecular flexibility index (Phi) is 7.36. The smallest absolute Gasteiger partial charge is 0.335 e. The Hall–Kier alpha value is -3.35. The SMILES string of the molecule is COc1ccccc1C(=O)NC(C(=O)N(C)Cc1ccc(C(=O)O)cc1)C(C)C. The molecule has 29 heavy (non-hydrogen) atoms. The van der Waals surface area contributed by atoms with Crippen molar-refractivity contribution in [2.24, 2.45) is 5.92 Å². The predicted molar refractivity (Wildman–Crippen MR) is 109 cm³/mol. The van der Waals surface area contributed by atoms with E-state index in [4.69, 9.17) is 9.84 Å². The zero-order valence-electron chi connectivity index (χ0n) is 17.0. The molecule has 2 amide bonds. The molecule has 0 heterocycles. The minimum atomic E-state index is -1.00. The number of hydrogen-bond donors (Lipinski definition) is 2. The molecule has 0 saturated heterocycles. The number of carbonyl (C=O) groups is 3. The highest BCUT2D eigenvalue weighted by Gasteiger charge is 2.28. The van der Waals surface area contributed by atoms with E-state index in [0.29, 0.717) is 17.9 Å². The van der Waals surface area contributed by atoms with Crippen LogP contribution in [0.1, 0.15) is 40.1 Å². The minimum Gasteiger partial charge on any atom is -0.496 e. The van der Waals surface area contributed by atoms with Gasteiger partial charge in [-0.05, 0) is 35.7 Å². The van der Waals surface area contributed by atoms with Crippen LogP contribution in [0.2, 0.25) is 0 Å². The molecular weight excluding hydrogens is 372 g/mol. The summed E-state index contributed by atoms with van der Waals surface area (Å²) in [7, 11) is 3.14. The molecule has 2 rings (SSSR count). The quantitative estimate of drug-likeness (QED) is 0.713. The van der Waals surface area contributed by atoms with Gasteiger partial charge in [-0.25, -0.2) is 4.79 Å². The van der Waals surface area contributed by atoms with Crippen LogP contribution >= 0.6 is 0 Å². The van der Waals surface area contributed by atoms with Gasteiger partial charge in [0.1, 0.15) is 11.8 Å². The third kappa shape index (κ3) is 5.57. The number of carbonyl (C=O) groups excluding carboxylic acids is 2. The van der Waals surface area contributed by atoms with Crippen molar-refractivity contribution in [2.45, 2.75) is 26.4 Å². The summed E-state index contributed by atoms with van der Waals surface area (Å²) >= 11 is 0. The summed E-state index contributed by atoms with van der Waals surface area (Å²) in [6.07, 6.45) is 0. The first-order chi connectivity index (χ1) is 13.7. The number of para-hydroxylation sites is 1. The average molecular weight is 398 g/mol. The summed E-state index contributed by atoms with van der Waals surface area (Å²) in [5, 5.41) is 11.8. The lowest BCUT2D eigenvalue weighted by Crippen LogP contribution is -2.50. The molecule has 2 aromatic carbocycles. The van der Waals surface area contributed by atoms with Gasteiger partial charge in [-0.1, -0.05) is 38.1 Å². The van der Waals surface area contributed by atoms with Crippen LogP contribution in [0, 0.1) is 5.92 Å². The Morgan fingerprint density at radius 3 is 2.24 bits per heavy atom. The summed E-state index contributed by atoms with van der Waals surface area (Å²) in [5.74, 6) is -1.30. The number of nitrogens with one attached hydrogen (secondary N) is 1. The minimum absolute atomic E-state index is 0.127. The third-order valence-electron chi connectivity index (χ3n) is 4.57. The van der Waals surface area contributed by atoms with E-state index in [0.717, 1.165) is 5.56 Å². The van der Waals surface area contributed by atoms with Gasteiger partial charge >= 0.3 is 5.97 Å². The van der Waals surface area contributed by atoms with E-state index < -0.39 is 12.0 Å². The van der Waals surface area contributed by atoms with Crippen LogP contribution in [0.4, 0.5) is 0 Å².